The van der Waals surface area contributed by atoms with E-state index in [1.54, 1.807) is 12.3 Å². The van der Waals surface area contributed by atoms with Gasteiger partial charge in [0.05, 0.1) is 5.56 Å². The molecule has 3 N–H and O–H groups in total. The van der Waals surface area contributed by atoms with Gasteiger partial charge in [0.25, 0.3) is 5.91 Å². The summed E-state index contributed by atoms with van der Waals surface area (Å²) in [6, 6.07) is 1.70. The second-order valence-electron chi connectivity index (χ2n) is 4.93. The number of anilines is 1. The number of carbonyl (C=O) groups is 1. The molecule has 4 nitrogen and oxygen atoms in total. The third-order valence-corrected chi connectivity index (χ3v) is 3.80. The van der Waals surface area contributed by atoms with Crippen LogP contribution in [0, 0.1) is 5.41 Å². The van der Waals surface area contributed by atoms with E-state index in [9.17, 15) is 4.79 Å². The maximum atomic E-state index is 12.0. The van der Waals surface area contributed by atoms with Crippen LogP contribution in [-0.2, 0) is 0 Å². The van der Waals surface area contributed by atoms with E-state index in [1.807, 2.05) is 0 Å². The van der Waals surface area contributed by atoms with Crippen LogP contribution < -0.4 is 11.1 Å². The average Bonchev–Trinajstić information content (AvgIpc) is 2.26. The predicted molar refractivity (Wildman–Crippen MR) is 70.6 cm³/mol. The summed E-state index contributed by atoms with van der Waals surface area (Å²) in [5, 5.41) is 2.93. The monoisotopic (exact) mass is 297 g/mol. The summed E-state index contributed by atoms with van der Waals surface area (Å²) in [4.78, 5) is 15.9. The standard InChI is InChI=1S/C12H16BrN3O/c1-12(3-2-4-12)7-16-11(17)9-5-8(13)6-15-10(9)14/h5-6H,2-4,7H2,1H3,(H2,14,15)(H,16,17). The van der Waals surface area contributed by atoms with Crippen LogP contribution in [0.1, 0.15) is 36.5 Å². The van der Waals surface area contributed by atoms with Crippen molar-refractivity contribution in [1.82, 2.24) is 10.3 Å². The summed E-state index contributed by atoms with van der Waals surface area (Å²) < 4.78 is 0.756. The molecule has 0 atom stereocenters. The minimum absolute atomic E-state index is 0.149. The first-order valence-electron chi connectivity index (χ1n) is 5.69. The molecule has 92 valence electrons. The minimum atomic E-state index is -0.149. The Bertz CT molecular complexity index is 443. The molecule has 1 saturated carbocycles. The molecule has 0 saturated heterocycles. The number of hydrogen-bond donors (Lipinski definition) is 2. The van der Waals surface area contributed by atoms with Crippen molar-refractivity contribution in [2.45, 2.75) is 26.2 Å². The summed E-state index contributed by atoms with van der Waals surface area (Å²) in [5.74, 6) is 0.119. The molecule has 0 unspecified atom stereocenters. The van der Waals surface area contributed by atoms with Crippen molar-refractivity contribution in [3.8, 4) is 0 Å². The van der Waals surface area contributed by atoms with Gasteiger partial charge >= 0.3 is 0 Å². The van der Waals surface area contributed by atoms with E-state index in [1.165, 1.54) is 19.3 Å². The maximum absolute atomic E-state index is 12.0. The van der Waals surface area contributed by atoms with Crippen molar-refractivity contribution in [3.63, 3.8) is 0 Å². The van der Waals surface area contributed by atoms with Gasteiger partial charge in [-0.15, -0.1) is 0 Å². The molecule has 0 bridgehead atoms. The third-order valence-electron chi connectivity index (χ3n) is 3.37. The Hall–Kier alpha value is -1.10. The summed E-state index contributed by atoms with van der Waals surface area (Å²) in [6.45, 7) is 2.90. The first-order chi connectivity index (χ1) is 8.00. The van der Waals surface area contributed by atoms with E-state index < -0.39 is 0 Å². The van der Waals surface area contributed by atoms with Crippen LogP contribution in [-0.4, -0.2) is 17.4 Å². The van der Waals surface area contributed by atoms with E-state index in [-0.39, 0.29) is 17.1 Å². The Morgan fingerprint density at radius 2 is 2.35 bits per heavy atom. The minimum Gasteiger partial charge on any atom is -0.383 e. The fourth-order valence-corrected chi connectivity index (χ4v) is 2.31. The fraction of sp³-hybridized carbons (Fsp3) is 0.500. The van der Waals surface area contributed by atoms with Gasteiger partial charge in [-0.05, 0) is 40.3 Å². The molecule has 1 aliphatic rings. The number of aromatic nitrogens is 1. The van der Waals surface area contributed by atoms with Gasteiger partial charge in [-0.2, -0.15) is 0 Å². The largest absolute Gasteiger partial charge is 0.383 e. The second-order valence-corrected chi connectivity index (χ2v) is 5.85. The number of pyridine rings is 1. The van der Waals surface area contributed by atoms with Crippen molar-refractivity contribution < 1.29 is 4.79 Å². The molecule has 1 aromatic rings. The summed E-state index contributed by atoms with van der Waals surface area (Å²) in [5.41, 5.74) is 6.38. The van der Waals surface area contributed by atoms with E-state index in [4.69, 9.17) is 5.73 Å². The molecule has 1 aliphatic carbocycles. The number of carbonyl (C=O) groups excluding carboxylic acids is 1. The van der Waals surface area contributed by atoms with Crippen molar-refractivity contribution >= 4 is 27.7 Å². The van der Waals surface area contributed by atoms with Gasteiger partial charge < -0.3 is 11.1 Å². The average molecular weight is 298 g/mol. The Labute approximate surface area is 109 Å². The SMILES string of the molecule is CC1(CNC(=O)c2cc(Br)cnc2N)CCC1. The molecular formula is C12H16BrN3O. The molecule has 0 spiro atoms. The molecule has 0 aliphatic heterocycles. The zero-order chi connectivity index (χ0) is 12.5. The lowest BCUT2D eigenvalue weighted by Crippen LogP contribution is -2.40. The maximum Gasteiger partial charge on any atom is 0.255 e. The van der Waals surface area contributed by atoms with Gasteiger partial charge in [-0.1, -0.05) is 13.3 Å². The summed E-state index contributed by atoms with van der Waals surface area (Å²) in [7, 11) is 0. The van der Waals surface area contributed by atoms with Crippen molar-refractivity contribution in [2.24, 2.45) is 5.41 Å². The summed E-state index contributed by atoms with van der Waals surface area (Å²) >= 11 is 3.28. The topological polar surface area (TPSA) is 68.0 Å². The highest BCUT2D eigenvalue weighted by atomic mass is 79.9. The van der Waals surface area contributed by atoms with E-state index in [0.717, 1.165) is 4.47 Å². The first-order valence-corrected chi connectivity index (χ1v) is 6.49. The predicted octanol–water partition coefficient (Wildman–Crippen LogP) is 2.35. The van der Waals surface area contributed by atoms with Crippen LogP contribution >= 0.6 is 15.9 Å². The van der Waals surface area contributed by atoms with Gasteiger partial charge in [-0.25, -0.2) is 4.98 Å². The second kappa shape index (κ2) is 4.64. The fourth-order valence-electron chi connectivity index (χ4n) is 1.98. The van der Waals surface area contributed by atoms with Crippen LogP contribution in [0.3, 0.4) is 0 Å². The number of rotatable bonds is 3. The van der Waals surface area contributed by atoms with Crippen molar-refractivity contribution in [1.29, 1.82) is 0 Å². The Balaban J connectivity index is 2.01. The van der Waals surface area contributed by atoms with Gasteiger partial charge in [-0.3, -0.25) is 4.79 Å². The first kappa shape index (κ1) is 12.4. The number of nitrogen functional groups attached to an aromatic ring is 1. The zero-order valence-electron chi connectivity index (χ0n) is 9.79. The molecule has 2 rings (SSSR count). The smallest absolute Gasteiger partial charge is 0.255 e. The van der Waals surface area contributed by atoms with Crippen LogP contribution in [0.4, 0.5) is 5.82 Å². The van der Waals surface area contributed by atoms with Crippen LogP contribution in [0.5, 0.6) is 0 Å². The van der Waals surface area contributed by atoms with Crippen molar-refractivity contribution in [3.05, 3.63) is 22.3 Å². The van der Waals surface area contributed by atoms with Crippen LogP contribution in [0.2, 0.25) is 0 Å². The molecule has 1 aromatic heterocycles. The number of nitrogens with one attached hydrogen (secondary N) is 1. The van der Waals surface area contributed by atoms with Crippen LogP contribution in [0.15, 0.2) is 16.7 Å². The Morgan fingerprint density at radius 1 is 1.65 bits per heavy atom. The lowest BCUT2D eigenvalue weighted by atomic mass is 9.70. The van der Waals surface area contributed by atoms with Crippen LogP contribution in [0.25, 0.3) is 0 Å². The van der Waals surface area contributed by atoms with E-state index >= 15 is 0 Å². The quantitative estimate of drug-likeness (QED) is 0.900. The van der Waals surface area contributed by atoms with Gasteiger partial charge in [0.2, 0.25) is 0 Å². The summed E-state index contributed by atoms with van der Waals surface area (Å²) in [6.07, 6.45) is 5.20. The molecule has 1 fully saturated rings. The molecule has 0 aromatic carbocycles. The Morgan fingerprint density at radius 3 is 2.94 bits per heavy atom. The normalized spacial score (nSPS) is 17.3. The van der Waals surface area contributed by atoms with Gasteiger partial charge in [0.15, 0.2) is 0 Å². The molecule has 0 radical (unpaired) electrons. The van der Waals surface area contributed by atoms with Gasteiger partial charge in [0.1, 0.15) is 5.82 Å². The van der Waals surface area contributed by atoms with Crippen molar-refractivity contribution in [2.75, 3.05) is 12.3 Å². The van der Waals surface area contributed by atoms with E-state index in [0.29, 0.717) is 12.1 Å². The van der Waals surface area contributed by atoms with Gasteiger partial charge in [0, 0.05) is 17.2 Å². The molecular weight excluding hydrogens is 282 g/mol. The lowest BCUT2D eigenvalue weighted by molar-refractivity contribution is 0.0891. The number of amides is 1. The number of halogens is 1. The molecule has 5 heteroatoms. The highest BCUT2D eigenvalue weighted by Crippen LogP contribution is 2.39. The Kier molecular flexibility index (Phi) is 3.38. The molecule has 17 heavy (non-hydrogen) atoms. The van der Waals surface area contributed by atoms with E-state index in [2.05, 4.69) is 33.2 Å². The highest BCUT2D eigenvalue weighted by molar-refractivity contribution is 9.10. The number of nitrogens with two attached hydrogens (primary N) is 1. The number of nitrogens with zero attached hydrogens (tertiary/aromatic N) is 1. The third kappa shape index (κ3) is 2.77. The molecule has 1 amide bonds. The number of hydrogen-bond acceptors (Lipinski definition) is 3. The highest BCUT2D eigenvalue weighted by Gasteiger charge is 2.32. The lowest BCUT2D eigenvalue weighted by Gasteiger charge is -2.38. The molecule has 1 heterocycles. The zero-order valence-corrected chi connectivity index (χ0v) is 11.4.